The maximum absolute atomic E-state index is 5.97. The molecule has 2 rings (SSSR count). The number of ether oxygens (including phenoxy) is 1. The second-order valence-corrected chi connectivity index (χ2v) is 4.93. The first kappa shape index (κ1) is 14.6. The van der Waals surface area contributed by atoms with Gasteiger partial charge in [0.1, 0.15) is 5.75 Å². The lowest BCUT2D eigenvalue weighted by atomic mass is 10.0. The molecule has 108 valence electrons. The van der Waals surface area contributed by atoms with E-state index < -0.39 is 0 Å². The average molecular weight is 274 g/mol. The molecule has 0 spiro atoms. The molecule has 5 nitrogen and oxygen atoms in total. The summed E-state index contributed by atoms with van der Waals surface area (Å²) in [6.45, 7) is 1.34. The zero-order valence-electron chi connectivity index (χ0n) is 12.3. The van der Waals surface area contributed by atoms with Gasteiger partial charge in [0.25, 0.3) is 0 Å². The van der Waals surface area contributed by atoms with Crippen LogP contribution >= 0.6 is 0 Å². The maximum atomic E-state index is 5.97. The number of benzene rings is 1. The highest BCUT2D eigenvalue weighted by Gasteiger charge is 2.19. The van der Waals surface area contributed by atoms with Gasteiger partial charge in [-0.3, -0.25) is 9.58 Å². The molecule has 20 heavy (non-hydrogen) atoms. The molecule has 0 aliphatic heterocycles. The van der Waals surface area contributed by atoms with Crippen molar-refractivity contribution in [2.75, 3.05) is 20.7 Å². The summed E-state index contributed by atoms with van der Waals surface area (Å²) in [5.41, 5.74) is 8.25. The van der Waals surface area contributed by atoms with Crippen LogP contribution in [-0.2, 0) is 13.6 Å². The fraction of sp³-hybridized carbons (Fsp3) is 0.400. The maximum Gasteiger partial charge on any atom is 0.123 e. The van der Waals surface area contributed by atoms with E-state index in [1.165, 1.54) is 5.56 Å². The minimum Gasteiger partial charge on any atom is -0.496 e. The Labute approximate surface area is 119 Å². The summed E-state index contributed by atoms with van der Waals surface area (Å²) in [6.07, 6.45) is 3.90. The van der Waals surface area contributed by atoms with Gasteiger partial charge in [-0.1, -0.05) is 18.2 Å². The Kier molecular flexibility index (Phi) is 4.76. The predicted molar refractivity (Wildman–Crippen MR) is 79.5 cm³/mol. The molecule has 1 aromatic heterocycles. The fourth-order valence-corrected chi connectivity index (χ4v) is 2.44. The summed E-state index contributed by atoms with van der Waals surface area (Å²) in [5.74, 6) is 0.876. The van der Waals surface area contributed by atoms with Crippen LogP contribution in [0.5, 0.6) is 5.75 Å². The van der Waals surface area contributed by atoms with Crippen molar-refractivity contribution in [2.45, 2.75) is 12.6 Å². The number of hydrogen-bond acceptors (Lipinski definition) is 4. The van der Waals surface area contributed by atoms with Crippen molar-refractivity contribution in [1.29, 1.82) is 0 Å². The summed E-state index contributed by atoms with van der Waals surface area (Å²) in [7, 11) is 5.68. The molecule has 1 heterocycles. The molecule has 1 unspecified atom stereocenters. The van der Waals surface area contributed by atoms with Crippen molar-refractivity contribution in [3.8, 4) is 5.75 Å². The number of nitrogens with two attached hydrogens (primary N) is 1. The highest BCUT2D eigenvalue weighted by Crippen LogP contribution is 2.28. The SMILES string of the molecule is COc1ccccc1C(CN)N(C)Cc1cnn(C)c1. The normalized spacial score (nSPS) is 12.7. The summed E-state index contributed by atoms with van der Waals surface area (Å²) >= 11 is 0. The fourth-order valence-electron chi connectivity index (χ4n) is 2.44. The third-order valence-electron chi connectivity index (χ3n) is 3.44. The molecule has 0 amide bonds. The Balaban J connectivity index is 2.18. The predicted octanol–water partition coefficient (Wildman–Crippen LogP) is 1.56. The minimum atomic E-state index is 0.117. The zero-order valence-corrected chi connectivity index (χ0v) is 12.3. The van der Waals surface area contributed by atoms with E-state index in [0.717, 1.165) is 17.9 Å². The largest absolute Gasteiger partial charge is 0.496 e. The van der Waals surface area contributed by atoms with Gasteiger partial charge in [-0.25, -0.2) is 0 Å². The van der Waals surface area contributed by atoms with E-state index >= 15 is 0 Å². The quantitative estimate of drug-likeness (QED) is 0.868. The van der Waals surface area contributed by atoms with Gasteiger partial charge in [0.05, 0.1) is 19.3 Å². The van der Waals surface area contributed by atoms with E-state index in [1.807, 2.05) is 42.3 Å². The van der Waals surface area contributed by atoms with E-state index in [0.29, 0.717) is 6.54 Å². The average Bonchev–Trinajstić information content (AvgIpc) is 2.85. The monoisotopic (exact) mass is 274 g/mol. The van der Waals surface area contributed by atoms with Crippen molar-refractivity contribution in [2.24, 2.45) is 12.8 Å². The van der Waals surface area contributed by atoms with Crippen LogP contribution in [0.2, 0.25) is 0 Å². The van der Waals surface area contributed by atoms with Gasteiger partial charge in [0.15, 0.2) is 0 Å². The first-order valence-corrected chi connectivity index (χ1v) is 6.66. The van der Waals surface area contributed by atoms with Crippen LogP contribution in [0.4, 0.5) is 0 Å². The molecule has 0 fully saturated rings. The molecule has 1 aromatic carbocycles. The van der Waals surface area contributed by atoms with Crippen molar-refractivity contribution in [3.63, 3.8) is 0 Å². The van der Waals surface area contributed by atoms with Gasteiger partial charge in [-0.15, -0.1) is 0 Å². The van der Waals surface area contributed by atoms with Crippen LogP contribution in [0.3, 0.4) is 0 Å². The second-order valence-electron chi connectivity index (χ2n) is 4.93. The zero-order chi connectivity index (χ0) is 14.5. The number of nitrogens with zero attached hydrogens (tertiary/aromatic N) is 3. The Bertz CT molecular complexity index is 552. The molecule has 2 aromatic rings. The highest BCUT2D eigenvalue weighted by molar-refractivity contribution is 5.36. The number of hydrogen-bond donors (Lipinski definition) is 1. The first-order chi connectivity index (χ1) is 9.65. The Morgan fingerprint density at radius 2 is 2.15 bits per heavy atom. The van der Waals surface area contributed by atoms with Gasteiger partial charge in [0, 0.05) is 37.5 Å². The highest BCUT2D eigenvalue weighted by atomic mass is 16.5. The molecule has 0 saturated carbocycles. The summed E-state index contributed by atoms with van der Waals surface area (Å²) < 4.78 is 7.24. The number of aromatic nitrogens is 2. The van der Waals surface area contributed by atoms with Gasteiger partial charge in [-0.2, -0.15) is 5.10 Å². The summed E-state index contributed by atoms with van der Waals surface area (Å²) in [5, 5.41) is 4.20. The Morgan fingerprint density at radius 1 is 1.40 bits per heavy atom. The van der Waals surface area contributed by atoms with Crippen LogP contribution in [0.15, 0.2) is 36.7 Å². The first-order valence-electron chi connectivity index (χ1n) is 6.66. The molecule has 0 saturated heterocycles. The van der Waals surface area contributed by atoms with Crippen molar-refractivity contribution in [1.82, 2.24) is 14.7 Å². The van der Waals surface area contributed by atoms with Crippen LogP contribution in [0, 0.1) is 0 Å². The lowest BCUT2D eigenvalue weighted by Crippen LogP contribution is -2.30. The van der Waals surface area contributed by atoms with E-state index in [2.05, 4.69) is 23.1 Å². The number of aryl methyl sites for hydroxylation is 1. The van der Waals surface area contributed by atoms with E-state index in [4.69, 9.17) is 10.5 Å². The van der Waals surface area contributed by atoms with E-state index in [9.17, 15) is 0 Å². The van der Waals surface area contributed by atoms with Crippen LogP contribution < -0.4 is 10.5 Å². The molecular formula is C15H22N4O. The molecule has 5 heteroatoms. The minimum absolute atomic E-state index is 0.117. The lowest BCUT2D eigenvalue weighted by Gasteiger charge is -2.28. The smallest absolute Gasteiger partial charge is 0.123 e. The molecule has 2 N–H and O–H groups in total. The van der Waals surface area contributed by atoms with Crippen LogP contribution in [0.1, 0.15) is 17.2 Å². The number of methoxy groups -OCH3 is 1. The topological polar surface area (TPSA) is 56.3 Å². The van der Waals surface area contributed by atoms with Gasteiger partial charge < -0.3 is 10.5 Å². The summed E-state index contributed by atoms with van der Waals surface area (Å²) in [6, 6.07) is 8.13. The molecule has 1 atom stereocenters. The standard InChI is InChI=1S/C15H22N4O/c1-18(10-12-9-17-19(2)11-12)14(8-16)13-6-4-5-7-15(13)20-3/h4-7,9,11,14H,8,10,16H2,1-3H3. The molecule has 0 aliphatic rings. The van der Waals surface area contributed by atoms with Crippen molar-refractivity contribution >= 4 is 0 Å². The van der Waals surface area contributed by atoms with Gasteiger partial charge in [0.2, 0.25) is 0 Å². The molecular weight excluding hydrogens is 252 g/mol. The van der Waals surface area contributed by atoms with Crippen molar-refractivity contribution in [3.05, 3.63) is 47.8 Å². The van der Waals surface area contributed by atoms with Crippen molar-refractivity contribution < 1.29 is 4.74 Å². The number of para-hydroxylation sites is 1. The number of rotatable bonds is 6. The van der Waals surface area contributed by atoms with Gasteiger partial charge >= 0.3 is 0 Å². The lowest BCUT2D eigenvalue weighted by molar-refractivity contribution is 0.236. The Morgan fingerprint density at radius 3 is 2.75 bits per heavy atom. The van der Waals surface area contributed by atoms with E-state index in [-0.39, 0.29) is 6.04 Å². The third kappa shape index (κ3) is 3.18. The Hall–Kier alpha value is -1.85. The summed E-state index contributed by atoms with van der Waals surface area (Å²) in [4.78, 5) is 2.22. The van der Waals surface area contributed by atoms with Crippen LogP contribution in [-0.4, -0.2) is 35.4 Å². The second kappa shape index (κ2) is 6.54. The number of likely N-dealkylation sites (N-methyl/N-ethyl adjacent to an activating group) is 1. The molecule has 0 bridgehead atoms. The molecule has 0 radical (unpaired) electrons. The van der Waals surface area contributed by atoms with Crippen LogP contribution in [0.25, 0.3) is 0 Å². The van der Waals surface area contributed by atoms with Gasteiger partial charge in [-0.05, 0) is 13.1 Å². The van der Waals surface area contributed by atoms with E-state index in [1.54, 1.807) is 7.11 Å². The third-order valence-corrected chi connectivity index (χ3v) is 3.44. The molecule has 0 aliphatic carbocycles.